The van der Waals surface area contributed by atoms with E-state index in [1.807, 2.05) is 6.92 Å². The van der Waals surface area contributed by atoms with Gasteiger partial charge in [0.25, 0.3) is 0 Å². The van der Waals surface area contributed by atoms with Crippen LogP contribution in [0.4, 0.5) is 0 Å². The van der Waals surface area contributed by atoms with Gasteiger partial charge in [0.05, 0.1) is 13.2 Å². The quantitative estimate of drug-likeness (QED) is 0.621. The van der Waals surface area contributed by atoms with Gasteiger partial charge in [0.1, 0.15) is 22.9 Å². The molecule has 9 heteroatoms. The highest BCUT2D eigenvalue weighted by molar-refractivity contribution is 7.89. The van der Waals surface area contributed by atoms with Crippen molar-refractivity contribution in [2.75, 3.05) is 26.7 Å². The van der Waals surface area contributed by atoms with Gasteiger partial charge in [0.15, 0.2) is 0 Å². The summed E-state index contributed by atoms with van der Waals surface area (Å²) in [5.74, 6) is 5.53. The van der Waals surface area contributed by atoms with Gasteiger partial charge in [-0.25, -0.2) is 8.42 Å². The number of hydrogen-bond acceptors (Lipinski definition) is 6. The Morgan fingerprint density at radius 3 is 2.61 bits per heavy atom. The van der Waals surface area contributed by atoms with E-state index >= 15 is 0 Å². The normalized spacial score (nSPS) is 24.5. The summed E-state index contributed by atoms with van der Waals surface area (Å²) in [7, 11) is -2.19. The predicted octanol–water partition coefficient (Wildman–Crippen LogP) is 1.45. The zero-order valence-electron chi connectivity index (χ0n) is 19.7. The van der Waals surface area contributed by atoms with Crippen molar-refractivity contribution >= 4 is 15.9 Å². The fourth-order valence-electron chi connectivity index (χ4n) is 4.04. The molecule has 0 aromatic heterocycles. The summed E-state index contributed by atoms with van der Waals surface area (Å²) in [4.78, 5) is 14.4. The Kier molecular flexibility index (Phi) is 8.06. The zero-order valence-corrected chi connectivity index (χ0v) is 20.5. The molecule has 1 heterocycles. The van der Waals surface area contributed by atoms with Crippen LogP contribution in [0.15, 0.2) is 23.1 Å². The van der Waals surface area contributed by atoms with Crippen LogP contribution < -0.4 is 4.74 Å². The van der Waals surface area contributed by atoms with Crippen LogP contribution in [0.3, 0.4) is 0 Å². The molecule has 2 N–H and O–H groups in total. The number of rotatable bonds is 5. The maximum absolute atomic E-state index is 13.5. The first-order valence-electron chi connectivity index (χ1n) is 11.4. The molecule has 8 nitrogen and oxygen atoms in total. The maximum atomic E-state index is 13.5. The summed E-state index contributed by atoms with van der Waals surface area (Å²) in [6, 6.07) is 3.96. The molecule has 3 rings (SSSR count). The number of nitrogens with zero attached hydrogens (tertiary/aromatic N) is 2. The number of aliphatic hydroxyl groups excluding tert-OH is 2. The van der Waals surface area contributed by atoms with Gasteiger partial charge < -0.3 is 19.8 Å². The summed E-state index contributed by atoms with van der Waals surface area (Å²) in [6.45, 7) is 5.26. The van der Waals surface area contributed by atoms with Crippen LogP contribution >= 0.6 is 0 Å². The number of aliphatic hydroxyl groups is 2. The first-order valence-corrected chi connectivity index (χ1v) is 12.9. The third-order valence-corrected chi connectivity index (χ3v) is 8.40. The van der Waals surface area contributed by atoms with Gasteiger partial charge in [-0.15, -0.1) is 0 Å². The third-order valence-electron chi connectivity index (χ3n) is 6.38. The maximum Gasteiger partial charge on any atom is 0.247 e. The number of sulfonamides is 1. The lowest BCUT2D eigenvalue weighted by molar-refractivity contribution is -0.138. The van der Waals surface area contributed by atoms with Crippen molar-refractivity contribution in [3.05, 3.63) is 23.8 Å². The molecule has 0 radical (unpaired) electrons. The first-order chi connectivity index (χ1) is 15.5. The van der Waals surface area contributed by atoms with Crippen LogP contribution in [0.5, 0.6) is 5.75 Å². The Labute approximate surface area is 196 Å². The van der Waals surface area contributed by atoms with Crippen molar-refractivity contribution in [2.24, 2.45) is 11.8 Å². The lowest BCUT2D eigenvalue weighted by atomic mass is 9.84. The molecule has 33 heavy (non-hydrogen) atoms. The molecule has 1 saturated carbocycles. The second kappa shape index (κ2) is 10.4. The highest BCUT2D eigenvalue weighted by atomic mass is 32.2. The summed E-state index contributed by atoms with van der Waals surface area (Å²) in [5, 5.41) is 19.2. The second-order valence-corrected chi connectivity index (χ2v) is 11.1. The number of carbonyl (C=O) groups is 1. The number of carbonyl (C=O) groups excluding carboxylic acids is 1. The average molecular weight is 479 g/mol. The molecule has 1 aliphatic carbocycles. The SMILES string of the molecule is C[C@H](O)C#Cc1ccc2c(c1)O[C@H](CN(C)C(=O)C1CCC1)[C@H](C)CN([C@@H](C)CO)S2(=O)=O. The van der Waals surface area contributed by atoms with E-state index in [4.69, 9.17) is 4.74 Å². The topological polar surface area (TPSA) is 107 Å². The fraction of sp³-hybridized carbons (Fsp3) is 0.625. The fourth-order valence-corrected chi connectivity index (χ4v) is 5.86. The molecule has 1 amide bonds. The van der Waals surface area contributed by atoms with E-state index < -0.39 is 28.3 Å². The minimum absolute atomic E-state index is 0.00438. The average Bonchev–Trinajstić information content (AvgIpc) is 2.72. The largest absolute Gasteiger partial charge is 0.487 e. The Morgan fingerprint density at radius 2 is 2.03 bits per heavy atom. The summed E-state index contributed by atoms with van der Waals surface area (Å²) >= 11 is 0. The molecule has 182 valence electrons. The van der Waals surface area contributed by atoms with Gasteiger partial charge in [-0.1, -0.05) is 25.2 Å². The van der Waals surface area contributed by atoms with E-state index in [0.29, 0.717) is 12.1 Å². The summed E-state index contributed by atoms with van der Waals surface area (Å²) in [6.07, 6.45) is 1.59. The molecular weight excluding hydrogens is 444 g/mol. The summed E-state index contributed by atoms with van der Waals surface area (Å²) in [5.41, 5.74) is 0.512. The number of hydrogen-bond donors (Lipinski definition) is 2. The first kappa shape index (κ1) is 25.5. The molecule has 2 aliphatic rings. The smallest absolute Gasteiger partial charge is 0.247 e. The van der Waals surface area contributed by atoms with E-state index in [-0.39, 0.29) is 41.5 Å². The molecular formula is C24H34N2O6S. The van der Waals surface area contributed by atoms with Gasteiger partial charge in [0, 0.05) is 37.0 Å². The van der Waals surface area contributed by atoms with Crippen LogP contribution in [0.1, 0.15) is 45.6 Å². The Balaban J connectivity index is 2.01. The second-order valence-electron chi connectivity index (χ2n) is 9.19. The van der Waals surface area contributed by atoms with E-state index in [9.17, 15) is 23.4 Å². The van der Waals surface area contributed by atoms with Crippen LogP contribution in [0.2, 0.25) is 0 Å². The van der Waals surface area contributed by atoms with Gasteiger partial charge in [-0.2, -0.15) is 4.31 Å². The van der Waals surface area contributed by atoms with E-state index in [1.165, 1.54) is 10.4 Å². The zero-order chi connectivity index (χ0) is 24.3. The standard InChI is InChI=1S/C24H34N2O6S/c1-16-13-26(17(2)15-27)33(30,31)23-11-10-19(9-8-18(3)28)12-21(23)32-22(16)14-25(4)24(29)20-6-5-7-20/h10-12,16-18,20,22,27-28H,5-7,13-15H2,1-4H3/t16-,17+,18+,22-/m1/s1. The van der Waals surface area contributed by atoms with Gasteiger partial charge in [-0.05, 0) is 44.9 Å². The minimum Gasteiger partial charge on any atom is -0.487 e. The van der Waals surface area contributed by atoms with Crippen molar-refractivity contribution in [3.8, 4) is 17.6 Å². The number of likely N-dealkylation sites (N-methyl/N-ethyl adjacent to an activating group) is 1. The van der Waals surface area contributed by atoms with Gasteiger partial charge >= 0.3 is 0 Å². The van der Waals surface area contributed by atoms with E-state index in [2.05, 4.69) is 11.8 Å². The molecule has 1 fully saturated rings. The molecule has 1 aliphatic heterocycles. The van der Waals surface area contributed by atoms with Crippen LogP contribution in [0, 0.1) is 23.7 Å². The van der Waals surface area contributed by atoms with Crippen LogP contribution in [-0.2, 0) is 14.8 Å². The molecule has 4 atom stereocenters. The highest BCUT2D eigenvalue weighted by Gasteiger charge is 2.39. The predicted molar refractivity (Wildman–Crippen MR) is 124 cm³/mol. The Morgan fingerprint density at radius 1 is 1.33 bits per heavy atom. The third kappa shape index (κ3) is 5.69. The van der Waals surface area contributed by atoms with Gasteiger partial charge in [0.2, 0.25) is 15.9 Å². The van der Waals surface area contributed by atoms with Crippen molar-refractivity contribution in [1.82, 2.24) is 9.21 Å². The van der Waals surface area contributed by atoms with Crippen LogP contribution in [-0.4, -0.2) is 78.7 Å². The molecule has 0 saturated heterocycles. The summed E-state index contributed by atoms with van der Waals surface area (Å²) < 4.78 is 34.5. The molecule has 0 unspecified atom stereocenters. The number of amides is 1. The number of fused-ring (bicyclic) bond motifs is 1. The van der Waals surface area contributed by atoms with Crippen molar-refractivity contribution in [2.45, 2.75) is 63.2 Å². The van der Waals surface area contributed by atoms with Crippen molar-refractivity contribution in [1.29, 1.82) is 0 Å². The van der Waals surface area contributed by atoms with Crippen molar-refractivity contribution in [3.63, 3.8) is 0 Å². The Hall–Kier alpha value is -2.12. The molecule has 0 spiro atoms. The van der Waals surface area contributed by atoms with Crippen LogP contribution in [0.25, 0.3) is 0 Å². The molecule has 1 aromatic rings. The minimum atomic E-state index is -3.94. The lowest BCUT2D eigenvalue weighted by Gasteiger charge is -2.38. The highest BCUT2D eigenvalue weighted by Crippen LogP contribution is 2.34. The number of ether oxygens (including phenoxy) is 1. The van der Waals surface area contributed by atoms with Gasteiger partial charge in [-0.3, -0.25) is 4.79 Å². The van der Waals surface area contributed by atoms with E-state index in [1.54, 1.807) is 37.9 Å². The lowest BCUT2D eigenvalue weighted by Crippen LogP contribution is -2.50. The van der Waals surface area contributed by atoms with E-state index in [0.717, 1.165) is 19.3 Å². The molecule has 0 bridgehead atoms. The van der Waals surface area contributed by atoms with Crippen molar-refractivity contribution < 1.29 is 28.2 Å². The number of benzene rings is 1. The molecule has 1 aromatic carbocycles. The Bertz CT molecular complexity index is 1030. The monoisotopic (exact) mass is 478 g/mol.